The first kappa shape index (κ1) is 23.9. The molecule has 2 amide bonds. The van der Waals surface area contributed by atoms with Crippen molar-refractivity contribution in [1.82, 2.24) is 10.2 Å². The van der Waals surface area contributed by atoms with E-state index in [2.05, 4.69) is 11.2 Å². The van der Waals surface area contributed by atoms with Crippen molar-refractivity contribution in [1.29, 1.82) is 0 Å². The van der Waals surface area contributed by atoms with Gasteiger partial charge in [-0.15, -0.1) is 6.42 Å². The number of ether oxygens (including phenoxy) is 1. The van der Waals surface area contributed by atoms with Gasteiger partial charge < -0.3 is 20.1 Å². The van der Waals surface area contributed by atoms with Gasteiger partial charge in [0.25, 0.3) is 0 Å². The highest BCUT2D eigenvalue weighted by Crippen LogP contribution is 2.44. The van der Waals surface area contributed by atoms with Crippen LogP contribution in [0.2, 0.25) is 0 Å². The molecule has 0 saturated heterocycles. The van der Waals surface area contributed by atoms with E-state index in [1.807, 2.05) is 55.5 Å². The van der Waals surface area contributed by atoms with E-state index < -0.39 is 30.6 Å². The molecule has 2 aromatic rings. The van der Waals surface area contributed by atoms with Crippen LogP contribution in [-0.2, 0) is 14.3 Å². The van der Waals surface area contributed by atoms with Crippen LogP contribution in [0, 0.1) is 18.3 Å². The fourth-order valence-corrected chi connectivity index (χ4v) is 4.13. The van der Waals surface area contributed by atoms with E-state index in [0.29, 0.717) is 6.42 Å². The number of alkyl carbamates (subject to hydrolysis) is 1. The van der Waals surface area contributed by atoms with Gasteiger partial charge in [-0.3, -0.25) is 9.59 Å². The van der Waals surface area contributed by atoms with E-state index in [0.717, 1.165) is 27.2 Å². The Morgan fingerprint density at radius 1 is 1.12 bits per heavy atom. The lowest BCUT2D eigenvalue weighted by molar-refractivity contribution is -0.145. The van der Waals surface area contributed by atoms with Crippen molar-refractivity contribution in [3.8, 4) is 23.5 Å². The molecule has 2 atom stereocenters. The summed E-state index contributed by atoms with van der Waals surface area (Å²) in [4.78, 5) is 37.9. The van der Waals surface area contributed by atoms with Crippen LogP contribution in [0.5, 0.6) is 0 Å². The molecule has 1 aliphatic carbocycles. The minimum Gasteiger partial charge on any atom is -0.480 e. The summed E-state index contributed by atoms with van der Waals surface area (Å²) in [5, 5.41) is 11.7. The van der Waals surface area contributed by atoms with Crippen molar-refractivity contribution >= 4 is 18.0 Å². The molecule has 0 bridgehead atoms. The van der Waals surface area contributed by atoms with Gasteiger partial charge in [0.15, 0.2) is 0 Å². The van der Waals surface area contributed by atoms with E-state index in [9.17, 15) is 14.4 Å². The molecule has 2 aromatic carbocycles. The molecule has 33 heavy (non-hydrogen) atoms. The zero-order valence-corrected chi connectivity index (χ0v) is 18.8. The monoisotopic (exact) mass is 448 g/mol. The number of amides is 2. The number of aliphatic carboxylic acids is 1. The van der Waals surface area contributed by atoms with Gasteiger partial charge in [-0.2, -0.15) is 0 Å². The van der Waals surface area contributed by atoms with Gasteiger partial charge >= 0.3 is 12.1 Å². The molecule has 0 aromatic heterocycles. The second-order valence-electron chi connectivity index (χ2n) is 8.13. The largest absolute Gasteiger partial charge is 0.480 e. The summed E-state index contributed by atoms with van der Waals surface area (Å²) in [6, 6.07) is 15.1. The summed E-state index contributed by atoms with van der Waals surface area (Å²) in [5.74, 6) is 0.227. The fourth-order valence-electron chi connectivity index (χ4n) is 4.13. The Hall–Kier alpha value is -3.79. The predicted molar refractivity (Wildman–Crippen MR) is 124 cm³/mol. The molecule has 3 rings (SSSR count). The lowest BCUT2D eigenvalue weighted by atomic mass is 9.97. The number of carboxylic acids is 1. The van der Waals surface area contributed by atoms with Crippen LogP contribution in [0.3, 0.4) is 0 Å². The van der Waals surface area contributed by atoms with Crippen LogP contribution in [0.4, 0.5) is 4.79 Å². The number of nitrogens with one attached hydrogen (secondary N) is 1. The van der Waals surface area contributed by atoms with Crippen molar-refractivity contribution in [3.63, 3.8) is 0 Å². The molecule has 1 aliphatic rings. The van der Waals surface area contributed by atoms with Crippen LogP contribution in [0.1, 0.15) is 37.3 Å². The maximum Gasteiger partial charge on any atom is 0.407 e. The second-order valence-corrected chi connectivity index (χ2v) is 8.13. The molecule has 0 spiro atoms. The zero-order valence-electron chi connectivity index (χ0n) is 18.8. The minimum absolute atomic E-state index is 0.106. The normalized spacial score (nSPS) is 13.7. The van der Waals surface area contributed by atoms with Crippen molar-refractivity contribution in [2.45, 2.75) is 32.2 Å². The predicted octanol–water partition coefficient (Wildman–Crippen LogP) is 3.49. The number of carbonyl (C=O) groups is 3. The fraction of sp³-hybridized carbons (Fsp3) is 0.346. The number of rotatable bonds is 9. The number of carboxylic acid groups (broad SMARTS) is 1. The molecule has 7 heteroatoms. The molecule has 0 radical (unpaired) electrons. The van der Waals surface area contributed by atoms with E-state index in [-0.39, 0.29) is 25.0 Å². The highest BCUT2D eigenvalue weighted by atomic mass is 16.5. The number of hydrogen-bond donors (Lipinski definition) is 2. The van der Waals surface area contributed by atoms with E-state index in [1.165, 1.54) is 0 Å². The Balaban J connectivity index is 1.72. The van der Waals surface area contributed by atoms with Crippen molar-refractivity contribution in [2.24, 2.45) is 5.92 Å². The summed E-state index contributed by atoms with van der Waals surface area (Å²) < 4.78 is 5.56. The quantitative estimate of drug-likeness (QED) is 0.573. The Bertz CT molecular complexity index is 1030. The first-order valence-corrected chi connectivity index (χ1v) is 10.9. The first-order chi connectivity index (χ1) is 15.9. The highest BCUT2D eigenvalue weighted by Gasteiger charge is 2.33. The number of carbonyl (C=O) groups excluding carboxylic acids is 2. The lowest BCUT2D eigenvalue weighted by Gasteiger charge is -2.28. The Morgan fingerprint density at radius 2 is 1.70 bits per heavy atom. The van der Waals surface area contributed by atoms with Gasteiger partial charge in [-0.05, 0) is 28.2 Å². The van der Waals surface area contributed by atoms with Gasteiger partial charge in [0.05, 0.1) is 6.54 Å². The molecule has 2 N–H and O–H groups in total. The third-order valence-corrected chi connectivity index (χ3v) is 6.02. The number of terminal acetylenes is 1. The van der Waals surface area contributed by atoms with Crippen molar-refractivity contribution < 1.29 is 24.2 Å². The lowest BCUT2D eigenvalue weighted by Crippen LogP contribution is -2.53. The van der Waals surface area contributed by atoms with Crippen LogP contribution in [0.25, 0.3) is 11.1 Å². The van der Waals surface area contributed by atoms with Crippen LogP contribution >= 0.6 is 0 Å². The topological polar surface area (TPSA) is 95.9 Å². The molecule has 0 fully saturated rings. The molecular weight excluding hydrogens is 420 g/mol. The third-order valence-electron chi connectivity index (χ3n) is 6.02. The molecule has 0 aliphatic heterocycles. The number of hydrogen-bond acceptors (Lipinski definition) is 4. The molecule has 0 saturated carbocycles. The maximum atomic E-state index is 13.0. The zero-order chi connectivity index (χ0) is 24.0. The Kier molecular flexibility index (Phi) is 7.73. The smallest absolute Gasteiger partial charge is 0.407 e. The van der Waals surface area contributed by atoms with Gasteiger partial charge in [0.1, 0.15) is 19.2 Å². The molecule has 0 unspecified atom stereocenters. The Labute approximate surface area is 193 Å². The summed E-state index contributed by atoms with van der Waals surface area (Å²) >= 11 is 0. The second kappa shape index (κ2) is 10.7. The van der Waals surface area contributed by atoms with Gasteiger partial charge in [0.2, 0.25) is 5.91 Å². The van der Waals surface area contributed by atoms with E-state index >= 15 is 0 Å². The van der Waals surface area contributed by atoms with E-state index in [1.54, 1.807) is 6.92 Å². The number of benzene rings is 2. The average Bonchev–Trinajstić information content (AvgIpc) is 3.13. The third kappa shape index (κ3) is 5.35. The van der Waals surface area contributed by atoms with Crippen LogP contribution < -0.4 is 5.32 Å². The van der Waals surface area contributed by atoms with Gasteiger partial charge in [-0.1, -0.05) is 74.7 Å². The van der Waals surface area contributed by atoms with Crippen molar-refractivity contribution in [2.75, 3.05) is 19.7 Å². The average molecular weight is 449 g/mol. The molecule has 7 nitrogen and oxygen atoms in total. The number of nitrogens with zero attached hydrogens (tertiary/aromatic N) is 1. The molecular formula is C26H28N2O5. The SMILES string of the molecule is C#CCN(CC(=O)O)C(=O)[C@@H](NC(=O)OCC1c2ccccc2-c2ccccc21)[C@@H](C)CC. The van der Waals surface area contributed by atoms with Gasteiger partial charge in [0, 0.05) is 5.92 Å². The molecule has 172 valence electrons. The number of fused-ring (bicyclic) bond motifs is 3. The standard InChI is InChI=1S/C26H28N2O5/c1-4-14-28(15-23(29)30)25(31)24(17(3)5-2)27-26(32)33-16-22-20-12-8-6-10-18(20)19-11-7-9-13-21(19)22/h1,6-13,17,22,24H,5,14-16H2,2-3H3,(H,27,32)(H,29,30)/t17-,24-/m0/s1. The minimum atomic E-state index is -1.18. The Morgan fingerprint density at radius 3 is 2.21 bits per heavy atom. The summed E-state index contributed by atoms with van der Waals surface area (Å²) in [6.45, 7) is 3.10. The van der Waals surface area contributed by atoms with Crippen molar-refractivity contribution in [3.05, 3.63) is 59.7 Å². The van der Waals surface area contributed by atoms with Crippen LogP contribution in [0.15, 0.2) is 48.5 Å². The summed E-state index contributed by atoms with van der Waals surface area (Å²) in [6.07, 6.45) is 5.16. The summed E-state index contributed by atoms with van der Waals surface area (Å²) in [7, 11) is 0. The highest BCUT2D eigenvalue weighted by molar-refractivity contribution is 5.88. The summed E-state index contributed by atoms with van der Waals surface area (Å²) in [5.41, 5.74) is 4.41. The first-order valence-electron chi connectivity index (χ1n) is 10.9. The van der Waals surface area contributed by atoms with Crippen LogP contribution in [-0.4, -0.2) is 53.7 Å². The van der Waals surface area contributed by atoms with Gasteiger partial charge in [-0.25, -0.2) is 4.79 Å². The molecule has 0 heterocycles. The van der Waals surface area contributed by atoms with E-state index in [4.69, 9.17) is 16.3 Å². The maximum absolute atomic E-state index is 13.0.